The van der Waals surface area contributed by atoms with E-state index in [1.54, 1.807) is 7.11 Å². The van der Waals surface area contributed by atoms with Crippen molar-refractivity contribution >= 4 is 45.4 Å². The SMILES string of the molecule is COc1ccc(N=C2NC(=O)/C(=C\c3cccc4ccccc34)S2)cc1. The molecule has 0 unspecified atom stereocenters. The molecule has 1 aliphatic rings. The van der Waals surface area contributed by atoms with Crippen LogP contribution in [0.4, 0.5) is 5.69 Å². The zero-order valence-electron chi connectivity index (χ0n) is 14.1. The van der Waals surface area contributed by atoms with E-state index in [9.17, 15) is 4.79 Å². The van der Waals surface area contributed by atoms with Crippen LogP contribution in [-0.4, -0.2) is 18.2 Å². The van der Waals surface area contributed by atoms with Crippen molar-refractivity contribution < 1.29 is 9.53 Å². The van der Waals surface area contributed by atoms with Gasteiger partial charge in [0.1, 0.15) is 5.75 Å². The Labute approximate surface area is 155 Å². The third kappa shape index (κ3) is 3.34. The van der Waals surface area contributed by atoms with E-state index in [0.29, 0.717) is 10.1 Å². The van der Waals surface area contributed by atoms with Crippen LogP contribution in [0.3, 0.4) is 0 Å². The molecule has 0 radical (unpaired) electrons. The van der Waals surface area contributed by atoms with Crippen molar-refractivity contribution in [1.82, 2.24) is 5.32 Å². The number of fused-ring (bicyclic) bond motifs is 1. The zero-order valence-corrected chi connectivity index (χ0v) is 14.9. The summed E-state index contributed by atoms with van der Waals surface area (Å²) >= 11 is 1.35. The first kappa shape index (κ1) is 16.4. The average molecular weight is 360 g/mol. The fraction of sp³-hybridized carbons (Fsp3) is 0.0476. The van der Waals surface area contributed by atoms with Gasteiger partial charge in [-0.15, -0.1) is 0 Å². The number of hydrogen-bond donors (Lipinski definition) is 1. The molecule has 1 aliphatic heterocycles. The number of aliphatic imine (C=N–C) groups is 1. The Hall–Kier alpha value is -3.05. The molecule has 3 aromatic rings. The van der Waals surface area contributed by atoms with Crippen molar-refractivity contribution in [3.8, 4) is 5.75 Å². The lowest BCUT2D eigenvalue weighted by atomic mass is 10.0. The van der Waals surface area contributed by atoms with Gasteiger partial charge in [-0.1, -0.05) is 42.5 Å². The van der Waals surface area contributed by atoms with Crippen molar-refractivity contribution in [3.05, 3.63) is 77.2 Å². The molecule has 0 saturated carbocycles. The summed E-state index contributed by atoms with van der Waals surface area (Å²) in [6.45, 7) is 0. The average Bonchev–Trinajstić information content (AvgIpc) is 3.01. The predicted molar refractivity (Wildman–Crippen MR) is 108 cm³/mol. The summed E-state index contributed by atoms with van der Waals surface area (Å²) in [5, 5.41) is 5.67. The quantitative estimate of drug-likeness (QED) is 0.687. The van der Waals surface area contributed by atoms with Crippen molar-refractivity contribution in [1.29, 1.82) is 0 Å². The molecule has 1 N–H and O–H groups in total. The molecule has 5 heteroatoms. The number of nitrogens with zero attached hydrogens (tertiary/aromatic N) is 1. The standard InChI is InChI=1S/C21H16N2O2S/c1-25-17-11-9-16(10-12-17)22-21-23-20(24)19(26-21)13-15-7-4-6-14-5-2-3-8-18(14)15/h2-13H,1H3,(H,22,23,24)/b19-13+. The second kappa shape index (κ2) is 7.06. The second-order valence-electron chi connectivity index (χ2n) is 5.75. The van der Waals surface area contributed by atoms with Gasteiger partial charge in [-0.2, -0.15) is 0 Å². The number of thioether (sulfide) groups is 1. The molecule has 0 aromatic heterocycles. The Kier molecular flexibility index (Phi) is 4.46. The van der Waals surface area contributed by atoms with E-state index in [4.69, 9.17) is 4.74 Å². The highest BCUT2D eigenvalue weighted by atomic mass is 32.2. The Balaban J connectivity index is 1.63. The Morgan fingerprint density at radius 2 is 1.77 bits per heavy atom. The Morgan fingerprint density at radius 1 is 1.00 bits per heavy atom. The number of ether oxygens (including phenoxy) is 1. The highest BCUT2D eigenvalue weighted by Gasteiger charge is 2.24. The van der Waals surface area contributed by atoms with Gasteiger partial charge in [0.05, 0.1) is 17.7 Å². The lowest BCUT2D eigenvalue weighted by molar-refractivity contribution is -0.115. The molecule has 0 aliphatic carbocycles. The van der Waals surface area contributed by atoms with Crippen LogP contribution in [0.15, 0.2) is 76.6 Å². The van der Waals surface area contributed by atoms with Crippen LogP contribution in [0.2, 0.25) is 0 Å². The summed E-state index contributed by atoms with van der Waals surface area (Å²) in [6.07, 6.45) is 1.92. The van der Waals surface area contributed by atoms with Gasteiger partial charge >= 0.3 is 0 Å². The molecule has 1 saturated heterocycles. The third-order valence-corrected chi connectivity index (χ3v) is 4.97. The molecule has 26 heavy (non-hydrogen) atoms. The highest BCUT2D eigenvalue weighted by Crippen LogP contribution is 2.30. The lowest BCUT2D eigenvalue weighted by Gasteiger charge is -2.02. The highest BCUT2D eigenvalue weighted by molar-refractivity contribution is 8.18. The molecule has 4 rings (SSSR count). The van der Waals surface area contributed by atoms with Gasteiger partial charge in [0.15, 0.2) is 5.17 Å². The van der Waals surface area contributed by atoms with E-state index >= 15 is 0 Å². The van der Waals surface area contributed by atoms with E-state index in [-0.39, 0.29) is 5.91 Å². The molecular formula is C21H16N2O2S. The molecule has 128 valence electrons. The molecular weight excluding hydrogens is 344 g/mol. The second-order valence-corrected chi connectivity index (χ2v) is 6.78. The summed E-state index contributed by atoms with van der Waals surface area (Å²) < 4.78 is 5.14. The molecule has 1 amide bonds. The van der Waals surface area contributed by atoms with Gasteiger partial charge in [0.25, 0.3) is 5.91 Å². The Morgan fingerprint density at radius 3 is 2.58 bits per heavy atom. The van der Waals surface area contributed by atoms with Gasteiger partial charge < -0.3 is 10.1 Å². The number of rotatable bonds is 3. The van der Waals surface area contributed by atoms with Crippen LogP contribution in [0.1, 0.15) is 5.56 Å². The number of amides is 1. The van der Waals surface area contributed by atoms with Gasteiger partial charge in [0, 0.05) is 0 Å². The maximum atomic E-state index is 12.3. The van der Waals surface area contributed by atoms with E-state index in [1.807, 2.05) is 54.6 Å². The fourth-order valence-corrected chi connectivity index (χ4v) is 3.60. The predicted octanol–water partition coefficient (Wildman–Crippen LogP) is 4.74. The van der Waals surface area contributed by atoms with Crippen LogP contribution >= 0.6 is 11.8 Å². The first-order chi connectivity index (χ1) is 12.7. The van der Waals surface area contributed by atoms with Gasteiger partial charge in [-0.3, -0.25) is 4.79 Å². The summed E-state index contributed by atoms with van der Waals surface area (Å²) in [4.78, 5) is 17.4. The maximum absolute atomic E-state index is 12.3. The van der Waals surface area contributed by atoms with E-state index in [1.165, 1.54) is 11.8 Å². The zero-order chi connectivity index (χ0) is 17.9. The van der Waals surface area contributed by atoms with Crippen molar-refractivity contribution in [2.75, 3.05) is 7.11 Å². The topological polar surface area (TPSA) is 50.7 Å². The Bertz CT molecular complexity index is 1030. The number of carbonyl (C=O) groups is 1. The molecule has 0 atom stereocenters. The summed E-state index contributed by atoms with van der Waals surface area (Å²) in [5.41, 5.74) is 1.78. The molecule has 3 aromatic carbocycles. The monoisotopic (exact) mass is 360 g/mol. The lowest BCUT2D eigenvalue weighted by Crippen LogP contribution is -2.19. The van der Waals surface area contributed by atoms with E-state index in [0.717, 1.165) is 27.8 Å². The third-order valence-electron chi connectivity index (χ3n) is 4.06. The summed E-state index contributed by atoms with van der Waals surface area (Å²) in [7, 11) is 1.62. The first-order valence-corrected chi connectivity index (χ1v) is 8.96. The summed E-state index contributed by atoms with van der Waals surface area (Å²) in [6, 6.07) is 21.6. The van der Waals surface area contributed by atoms with Gasteiger partial charge in [0.2, 0.25) is 0 Å². The van der Waals surface area contributed by atoms with Gasteiger partial charge in [-0.05, 0) is 58.4 Å². The smallest absolute Gasteiger partial charge is 0.264 e. The minimum Gasteiger partial charge on any atom is -0.497 e. The van der Waals surface area contributed by atoms with Crippen molar-refractivity contribution in [2.45, 2.75) is 0 Å². The van der Waals surface area contributed by atoms with E-state index < -0.39 is 0 Å². The summed E-state index contributed by atoms with van der Waals surface area (Å²) in [5.74, 6) is 0.642. The number of amidine groups is 1. The molecule has 4 nitrogen and oxygen atoms in total. The minimum absolute atomic E-state index is 0.129. The number of methoxy groups -OCH3 is 1. The van der Waals surface area contributed by atoms with Crippen molar-refractivity contribution in [3.63, 3.8) is 0 Å². The number of hydrogen-bond acceptors (Lipinski definition) is 4. The fourth-order valence-electron chi connectivity index (χ4n) is 2.77. The van der Waals surface area contributed by atoms with Crippen LogP contribution < -0.4 is 10.1 Å². The van der Waals surface area contributed by atoms with E-state index in [2.05, 4.69) is 28.5 Å². The molecule has 0 spiro atoms. The van der Waals surface area contributed by atoms with Crippen LogP contribution in [0.25, 0.3) is 16.8 Å². The first-order valence-electron chi connectivity index (χ1n) is 8.14. The number of benzene rings is 3. The van der Waals surface area contributed by atoms with Crippen LogP contribution in [0, 0.1) is 0 Å². The molecule has 0 bridgehead atoms. The maximum Gasteiger partial charge on any atom is 0.264 e. The van der Waals surface area contributed by atoms with Gasteiger partial charge in [-0.25, -0.2) is 4.99 Å². The van der Waals surface area contributed by atoms with Crippen molar-refractivity contribution in [2.24, 2.45) is 4.99 Å². The van der Waals surface area contributed by atoms with Crippen LogP contribution in [-0.2, 0) is 4.79 Å². The van der Waals surface area contributed by atoms with Crippen LogP contribution in [0.5, 0.6) is 5.75 Å². The number of carbonyl (C=O) groups excluding carboxylic acids is 1. The largest absolute Gasteiger partial charge is 0.497 e. The molecule has 1 fully saturated rings. The molecule has 1 heterocycles. The number of nitrogens with one attached hydrogen (secondary N) is 1. The normalized spacial score (nSPS) is 17.0. The minimum atomic E-state index is -0.129.